The van der Waals surface area contributed by atoms with Crippen LogP contribution in [-0.2, 0) is 16.6 Å². The van der Waals surface area contributed by atoms with E-state index in [-0.39, 0.29) is 17.9 Å². The molecule has 0 N–H and O–H groups in total. The molecule has 8 heteroatoms. The molecule has 1 aromatic rings. The third-order valence-corrected chi connectivity index (χ3v) is 5.07. The number of aryl methyl sites for hydroxylation is 1. The second kappa shape index (κ2) is 7.57. The van der Waals surface area contributed by atoms with Gasteiger partial charge in [0, 0.05) is 52.4 Å². The van der Waals surface area contributed by atoms with Crippen LogP contribution >= 0.6 is 12.6 Å². The Morgan fingerprint density at radius 3 is 2.67 bits per heavy atom. The molecule has 7 nitrogen and oxygen atoms in total. The van der Waals surface area contributed by atoms with Gasteiger partial charge in [0.1, 0.15) is 0 Å². The maximum Gasteiger partial charge on any atom is 0.244 e. The lowest BCUT2D eigenvalue weighted by Gasteiger charge is -2.42. The summed E-state index contributed by atoms with van der Waals surface area (Å²) in [6.45, 7) is 3.67. The molecule has 0 bridgehead atoms. The van der Waals surface area contributed by atoms with Crippen molar-refractivity contribution in [2.75, 3.05) is 43.4 Å². The first kappa shape index (κ1) is 17.3. The lowest BCUT2D eigenvalue weighted by molar-refractivity contribution is -0.134. The van der Waals surface area contributed by atoms with Gasteiger partial charge in [-0.25, -0.2) is 0 Å². The molecule has 1 unspecified atom stereocenters. The van der Waals surface area contributed by atoms with Crippen molar-refractivity contribution in [1.82, 2.24) is 19.6 Å². The van der Waals surface area contributed by atoms with Crippen molar-refractivity contribution in [1.29, 1.82) is 0 Å². The molecule has 0 aliphatic carbocycles. The third-order valence-electron chi connectivity index (χ3n) is 4.85. The summed E-state index contributed by atoms with van der Waals surface area (Å²) in [7, 11) is 1.86. The van der Waals surface area contributed by atoms with E-state index < -0.39 is 0 Å². The van der Waals surface area contributed by atoms with Crippen LogP contribution < -0.4 is 4.90 Å². The maximum atomic E-state index is 12.9. The molecule has 0 radical (unpaired) electrons. The van der Waals surface area contributed by atoms with E-state index in [0.29, 0.717) is 25.3 Å². The molecule has 2 saturated heterocycles. The van der Waals surface area contributed by atoms with Crippen LogP contribution in [0.25, 0.3) is 0 Å². The van der Waals surface area contributed by atoms with Gasteiger partial charge in [-0.3, -0.25) is 19.2 Å². The monoisotopic (exact) mass is 351 g/mol. The topological polar surface area (TPSA) is 61.7 Å². The van der Waals surface area contributed by atoms with Crippen LogP contribution in [0.4, 0.5) is 5.69 Å². The zero-order valence-corrected chi connectivity index (χ0v) is 15.0. The SMILES string of the molecule is Cn1cc(N2CCCC(N3CCN(C(=O)CCS)CC3)C2=O)cn1. The summed E-state index contributed by atoms with van der Waals surface area (Å²) >= 11 is 4.12. The van der Waals surface area contributed by atoms with Gasteiger partial charge in [0.25, 0.3) is 0 Å². The Bertz CT molecular complexity index is 597. The van der Waals surface area contributed by atoms with Crippen LogP contribution in [0.15, 0.2) is 12.4 Å². The van der Waals surface area contributed by atoms with Crippen LogP contribution in [0.3, 0.4) is 0 Å². The summed E-state index contributed by atoms with van der Waals surface area (Å²) in [4.78, 5) is 30.8. The zero-order valence-electron chi connectivity index (χ0n) is 14.1. The van der Waals surface area contributed by atoms with Crippen LogP contribution in [-0.4, -0.2) is 75.9 Å². The van der Waals surface area contributed by atoms with E-state index in [2.05, 4.69) is 22.6 Å². The Morgan fingerprint density at radius 2 is 2.04 bits per heavy atom. The lowest BCUT2D eigenvalue weighted by atomic mass is 10.0. The summed E-state index contributed by atoms with van der Waals surface area (Å²) in [5.74, 6) is 0.904. The second-order valence-corrected chi connectivity index (χ2v) is 6.86. The molecule has 2 aliphatic heterocycles. The molecule has 1 aromatic heterocycles. The highest BCUT2D eigenvalue weighted by atomic mass is 32.1. The highest BCUT2D eigenvalue weighted by molar-refractivity contribution is 7.80. The van der Waals surface area contributed by atoms with Crippen LogP contribution in [0, 0.1) is 0 Å². The largest absolute Gasteiger partial charge is 0.340 e. The average Bonchev–Trinajstić information content (AvgIpc) is 3.02. The number of hydrogen-bond donors (Lipinski definition) is 1. The Balaban J connectivity index is 1.61. The first-order valence-electron chi connectivity index (χ1n) is 8.53. The Kier molecular flexibility index (Phi) is 5.45. The standard InChI is InChI=1S/C16H25N5O2S/c1-18-12-13(11-17-18)21-5-2-3-14(16(21)23)19-6-8-20(9-7-19)15(22)4-10-24/h11-12,14,24H,2-10H2,1H3. The van der Waals surface area contributed by atoms with Crippen molar-refractivity contribution in [2.24, 2.45) is 7.05 Å². The highest BCUT2D eigenvalue weighted by Gasteiger charge is 2.36. The fraction of sp³-hybridized carbons (Fsp3) is 0.688. The van der Waals surface area contributed by atoms with E-state index >= 15 is 0 Å². The van der Waals surface area contributed by atoms with E-state index in [4.69, 9.17) is 0 Å². The van der Waals surface area contributed by atoms with E-state index in [1.165, 1.54) is 0 Å². The summed E-state index contributed by atoms with van der Waals surface area (Å²) in [5, 5.41) is 4.17. The zero-order chi connectivity index (χ0) is 17.1. The first-order chi connectivity index (χ1) is 11.6. The van der Waals surface area contributed by atoms with Crippen molar-refractivity contribution in [2.45, 2.75) is 25.3 Å². The van der Waals surface area contributed by atoms with Crippen molar-refractivity contribution < 1.29 is 9.59 Å². The summed E-state index contributed by atoms with van der Waals surface area (Å²) in [5.41, 5.74) is 0.870. The van der Waals surface area contributed by atoms with Gasteiger partial charge in [0.2, 0.25) is 11.8 Å². The third kappa shape index (κ3) is 3.59. The number of anilines is 1. The predicted octanol–water partition coefficient (Wildman–Crippen LogP) is 0.380. The molecular formula is C16H25N5O2S. The lowest BCUT2D eigenvalue weighted by Crippen LogP contribution is -2.58. The van der Waals surface area contributed by atoms with Gasteiger partial charge in [0.05, 0.1) is 17.9 Å². The summed E-state index contributed by atoms with van der Waals surface area (Å²) in [6, 6.07) is -0.0823. The number of nitrogens with zero attached hydrogens (tertiary/aromatic N) is 5. The van der Waals surface area contributed by atoms with Crippen LogP contribution in [0.1, 0.15) is 19.3 Å². The average molecular weight is 351 g/mol. The van der Waals surface area contributed by atoms with E-state index in [0.717, 1.165) is 38.2 Å². The molecule has 24 heavy (non-hydrogen) atoms. The van der Waals surface area contributed by atoms with Crippen molar-refractivity contribution >= 4 is 30.1 Å². The van der Waals surface area contributed by atoms with E-state index in [9.17, 15) is 9.59 Å². The fourth-order valence-electron chi connectivity index (χ4n) is 3.54. The van der Waals surface area contributed by atoms with E-state index in [1.54, 1.807) is 10.9 Å². The minimum Gasteiger partial charge on any atom is -0.340 e. The highest BCUT2D eigenvalue weighted by Crippen LogP contribution is 2.24. The number of rotatable bonds is 4. The molecule has 0 aromatic carbocycles. The molecule has 1 atom stereocenters. The minimum atomic E-state index is -0.0823. The predicted molar refractivity (Wildman–Crippen MR) is 95.2 cm³/mol. The van der Waals surface area contributed by atoms with Crippen molar-refractivity contribution in [3.8, 4) is 0 Å². The molecule has 3 heterocycles. The fourth-order valence-corrected chi connectivity index (χ4v) is 3.73. The second-order valence-electron chi connectivity index (χ2n) is 6.41. The summed E-state index contributed by atoms with van der Waals surface area (Å²) < 4.78 is 1.72. The molecule has 2 aliphatic rings. The number of hydrogen-bond acceptors (Lipinski definition) is 5. The molecule has 2 amide bonds. The normalized spacial score (nSPS) is 22.9. The van der Waals surface area contributed by atoms with Gasteiger partial charge in [-0.2, -0.15) is 17.7 Å². The number of carbonyl (C=O) groups excluding carboxylic acids is 2. The molecule has 0 saturated carbocycles. The number of aromatic nitrogens is 2. The molecule has 2 fully saturated rings. The van der Waals surface area contributed by atoms with Gasteiger partial charge >= 0.3 is 0 Å². The quantitative estimate of drug-likeness (QED) is 0.797. The Hall–Kier alpha value is -1.54. The number of carbonyl (C=O) groups is 2. The molecule has 0 spiro atoms. The van der Waals surface area contributed by atoms with Gasteiger partial charge < -0.3 is 9.80 Å². The number of amides is 2. The van der Waals surface area contributed by atoms with Gasteiger partial charge in [-0.15, -0.1) is 0 Å². The smallest absolute Gasteiger partial charge is 0.244 e. The molecule has 132 valence electrons. The first-order valence-corrected chi connectivity index (χ1v) is 9.16. The minimum absolute atomic E-state index is 0.0823. The molecular weight excluding hydrogens is 326 g/mol. The van der Waals surface area contributed by atoms with Crippen LogP contribution in [0.5, 0.6) is 0 Å². The maximum absolute atomic E-state index is 12.9. The number of piperidine rings is 1. The summed E-state index contributed by atoms with van der Waals surface area (Å²) in [6.07, 6.45) is 5.99. The van der Waals surface area contributed by atoms with E-state index in [1.807, 2.05) is 23.0 Å². The van der Waals surface area contributed by atoms with Gasteiger partial charge in [-0.05, 0) is 18.6 Å². The van der Waals surface area contributed by atoms with Crippen molar-refractivity contribution in [3.63, 3.8) is 0 Å². The Labute approximate surface area is 148 Å². The van der Waals surface area contributed by atoms with Crippen LogP contribution in [0.2, 0.25) is 0 Å². The van der Waals surface area contributed by atoms with Gasteiger partial charge in [0.15, 0.2) is 0 Å². The number of piperazine rings is 1. The van der Waals surface area contributed by atoms with Crippen molar-refractivity contribution in [3.05, 3.63) is 12.4 Å². The Morgan fingerprint density at radius 1 is 1.29 bits per heavy atom. The number of thiol groups is 1. The van der Waals surface area contributed by atoms with Gasteiger partial charge in [-0.1, -0.05) is 0 Å². The molecule has 3 rings (SSSR count).